The molecule has 8 nitrogen and oxygen atoms in total. The van der Waals surface area contributed by atoms with E-state index >= 15 is 0 Å². The molecule has 2 amide bonds. The Balaban J connectivity index is 0. The number of alkyl carbamates (subject to hydrolysis) is 2. The first-order chi connectivity index (χ1) is 12.7. The summed E-state index contributed by atoms with van der Waals surface area (Å²) >= 11 is 0. The minimum absolute atomic E-state index is 0.0236. The summed E-state index contributed by atoms with van der Waals surface area (Å²) in [5.74, 6) is 0. The Hall–Kier alpha value is -2.74. The van der Waals surface area contributed by atoms with Gasteiger partial charge in [-0.2, -0.15) is 10.5 Å². The quantitative estimate of drug-likeness (QED) is 0.674. The number of allylic oxidation sites excluding steroid dienone is 1. The predicted octanol–water partition coefficient (Wildman–Crippen LogP) is 4.18. The van der Waals surface area contributed by atoms with Gasteiger partial charge in [0.1, 0.15) is 11.2 Å². The number of nitrogens with one attached hydrogen (secondary N) is 2. The molecule has 0 aromatic rings. The molecular formula is C20H34N4O4. The van der Waals surface area contributed by atoms with Crippen molar-refractivity contribution in [2.75, 3.05) is 0 Å². The molecule has 0 aliphatic heterocycles. The Morgan fingerprint density at radius 2 is 1.43 bits per heavy atom. The summed E-state index contributed by atoms with van der Waals surface area (Å²) in [5, 5.41) is 21.8. The Bertz CT molecular complexity index is 589. The van der Waals surface area contributed by atoms with Gasteiger partial charge in [0, 0.05) is 24.6 Å². The number of amides is 2. The molecule has 0 heterocycles. The van der Waals surface area contributed by atoms with Gasteiger partial charge in [-0.05, 0) is 61.8 Å². The summed E-state index contributed by atoms with van der Waals surface area (Å²) in [6, 6.07) is 3.65. The number of hydrogen-bond donors (Lipinski definition) is 2. The Labute approximate surface area is 168 Å². The number of rotatable bonds is 5. The van der Waals surface area contributed by atoms with Crippen LogP contribution in [0.15, 0.2) is 12.2 Å². The number of carbonyl (C=O) groups excluding carboxylic acids is 2. The van der Waals surface area contributed by atoms with Crippen LogP contribution in [0.1, 0.15) is 68.2 Å². The van der Waals surface area contributed by atoms with E-state index in [2.05, 4.69) is 10.6 Å². The first-order valence-electron chi connectivity index (χ1n) is 9.12. The van der Waals surface area contributed by atoms with Crippen LogP contribution < -0.4 is 10.6 Å². The van der Waals surface area contributed by atoms with E-state index in [0.717, 1.165) is 0 Å². The molecule has 2 N–H and O–H groups in total. The van der Waals surface area contributed by atoms with Crippen LogP contribution in [0.25, 0.3) is 0 Å². The molecule has 0 unspecified atom stereocenters. The van der Waals surface area contributed by atoms with E-state index in [1.165, 1.54) is 6.08 Å². The molecule has 0 aromatic carbocycles. The lowest BCUT2D eigenvalue weighted by molar-refractivity contribution is 0.0499. The lowest BCUT2D eigenvalue weighted by atomic mass is 10.2. The van der Waals surface area contributed by atoms with Crippen LogP contribution in [-0.4, -0.2) is 35.5 Å². The number of nitrogens with zero attached hydrogens (tertiary/aromatic N) is 2. The molecule has 0 aromatic heterocycles. The SMILES string of the molecule is C[C@H](C=CC#N)NC(=O)OC(C)(C)C.C[C@H](CCC#N)NC(=O)OC(C)(C)C. The maximum Gasteiger partial charge on any atom is 0.408 e. The molecule has 0 fully saturated rings. The summed E-state index contributed by atoms with van der Waals surface area (Å²) < 4.78 is 10.1. The van der Waals surface area contributed by atoms with E-state index in [9.17, 15) is 9.59 Å². The van der Waals surface area contributed by atoms with Gasteiger partial charge in [-0.3, -0.25) is 0 Å². The summed E-state index contributed by atoms with van der Waals surface area (Å²) in [4.78, 5) is 22.4. The van der Waals surface area contributed by atoms with Crippen LogP contribution in [0, 0.1) is 22.7 Å². The second kappa shape index (κ2) is 13.4. The highest BCUT2D eigenvalue weighted by molar-refractivity contribution is 5.68. The third-order valence-electron chi connectivity index (χ3n) is 2.66. The zero-order valence-corrected chi connectivity index (χ0v) is 18.3. The van der Waals surface area contributed by atoms with Crippen molar-refractivity contribution in [1.82, 2.24) is 10.6 Å². The first-order valence-corrected chi connectivity index (χ1v) is 9.12. The van der Waals surface area contributed by atoms with Crippen molar-refractivity contribution in [3.63, 3.8) is 0 Å². The summed E-state index contributed by atoms with van der Waals surface area (Å²) in [7, 11) is 0. The van der Waals surface area contributed by atoms with Crippen molar-refractivity contribution < 1.29 is 19.1 Å². The third-order valence-corrected chi connectivity index (χ3v) is 2.66. The Morgan fingerprint density at radius 3 is 1.82 bits per heavy atom. The van der Waals surface area contributed by atoms with E-state index in [1.807, 2.05) is 39.8 Å². The molecule has 28 heavy (non-hydrogen) atoms. The van der Waals surface area contributed by atoms with E-state index in [-0.39, 0.29) is 12.1 Å². The Morgan fingerprint density at radius 1 is 0.964 bits per heavy atom. The van der Waals surface area contributed by atoms with Crippen molar-refractivity contribution in [3.05, 3.63) is 12.2 Å². The van der Waals surface area contributed by atoms with Gasteiger partial charge in [0.25, 0.3) is 0 Å². The van der Waals surface area contributed by atoms with Gasteiger partial charge in [0.15, 0.2) is 0 Å². The topological polar surface area (TPSA) is 124 Å². The molecule has 0 aliphatic carbocycles. The predicted molar refractivity (Wildman–Crippen MR) is 107 cm³/mol. The monoisotopic (exact) mass is 394 g/mol. The molecule has 0 radical (unpaired) electrons. The van der Waals surface area contributed by atoms with E-state index < -0.39 is 23.4 Å². The van der Waals surface area contributed by atoms with Crippen LogP contribution in [-0.2, 0) is 9.47 Å². The van der Waals surface area contributed by atoms with Crippen LogP contribution in [0.5, 0.6) is 0 Å². The van der Waals surface area contributed by atoms with E-state index in [0.29, 0.717) is 12.8 Å². The second-order valence-electron chi connectivity index (χ2n) is 8.17. The maximum absolute atomic E-state index is 11.2. The lowest BCUT2D eigenvalue weighted by Crippen LogP contribution is -2.37. The van der Waals surface area contributed by atoms with Crippen LogP contribution in [0.2, 0.25) is 0 Å². The third kappa shape index (κ3) is 21.3. The summed E-state index contributed by atoms with van der Waals surface area (Å²) in [6.45, 7) is 14.4. The fraction of sp³-hybridized carbons (Fsp3) is 0.700. The van der Waals surface area contributed by atoms with Gasteiger partial charge < -0.3 is 20.1 Å². The minimum atomic E-state index is -0.497. The summed E-state index contributed by atoms with van der Waals surface area (Å²) in [5.41, 5.74) is -0.970. The average molecular weight is 395 g/mol. The molecule has 8 heteroatoms. The molecule has 158 valence electrons. The second-order valence-corrected chi connectivity index (χ2v) is 8.17. The number of ether oxygens (including phenoxy) is 2. The van der Waals surface area contributed by atoms with Crippen molar-refractivity contribution in [2.24, 2.45) is 0 Å². The largest absolute Gasteiger partial charge is 0.444 e. The average Bonchev–Trinajstić information content (AvgIpc) is 2.47. The van der Waals surface area contributed by atoms with Crippen molar-refractivity contribution >= 4 is 12.2 Å². The minimum Gasteiger partial charge on any atom is -0.444 e. The first kappa shape index (κ1) is 27.5. The zero-order chi connectivity index (χ0) is 22.4. The van der Waals surface area contributed by atoms with Gasteiger partial charge in [-0.25, -0.2) is 9.59 Å². The number of hydrogen-bond acceptors (Lipinski definition) is 6. The lowest BCUT2D eigenvalue weighted by Gasteiger charge is -2.21. The molecule has 0 bridgehead atoms. The molecule has 0 saturated carbocycles. The smallest absolute Gasteiger partial charge is 0.408 e. The normalized spacial score (nSPS) is 13.1. The molecule has 0 aliphatic rings. The highest BCUT2D eigenvalue weighted by atomic mass is 16.6. The zero-order valence-electron chi connectivity index (χ0n) is 18.3. The number of carbonyl (C=O) groups is 2. The van der Waals surface area contributed by atoms with Crippen molar-refractivity contribution in [1.29, 1.82) is 10.5 Å². The molecule has 0 spiro atoms. The van der Waals surface area contributed by atoms with Gasteiger partial charge in [-0.15, -0.1) is 0 Å². The fourth-order valence-electron chi connectivity index (χ4n) is 1.59. The number of nitriles is 2. The standard InChI is InChI=1S/C10H18N2O2.C10H16N2O2/c2*1-8(6-5-7-11)12-9(13)14-10(2,3)4/h8H,5-6H2,1-4H3,(H,12,13);5-6,8H,1-4H3,(H,12,13)/t2*8-/m11/s1. The van der Waals surface area contributed by atoms with Crippen LogP contribution >= 0.6 is 0 Å². The van der Waals surface area contributed by atoms with Crippen LogP contribution in [0.4, 0.5) is 9.59 Å². The van der Waals surface area contributed by atoms with E-state index in [4.69, 9.17) is 20.0 Å². The molecule has 0 saturated heterocycles. The highest BCUT2D eigenvalue weighted by Crippen LogP contribution is 2.07. The van der Waals surface area contributed by atoms with Gasteiger partial charge >= 0.3 is 12.2 Å². The van der Waals surface area contributed by atoms with E-state index in [1.54, 1.807) is 33.8 Å². The van der Waals surface area contributed by atoms with Crippen LogP contribution in [0.3, 0.4) is 0 Å². The van der Waals surface area contributed by atoms with Crippen molar-refractivity contribution in [2.45, 2.75) is 91.5 Å². The van der Waals surface area contributed by atoms with Gasteiger partial charge in [-0.1, -0.05) is 6.08 Å². The van der Waals surface area contributed by atoms with Gasteiger partial charge in [0.2, 0.25) is 0 Å². The maximum atomic E-state index is 11.2. The molecule has 2 atom stereocenters. The fourth-order valence-corrected chi connectivity index (χ4v) is 1.59. The van der Waals surface area contributed by atoms with Gasteiger partial charge in [0.05, 0.1) is 12.1 Å². The van der Waals surface area contributed by atoms with Crippen molar-refractivity contribution in [3.8, 4) is 12.1 Å². The summed E-state index contributed by atoms with van der Waals surface area (Å²) in [6.07, 6.45) is 3.09. The molecule has 0 rings (SSSR count). The molecular weight excluding hydrogens is 360 g/mol. The highest BCUT2D eigenvalue weighted by Gasteiger charge is 2.17. The Kier molecular flexibility index (Phi) is 13.2.